The number of nitrogens with zero attached hydrogens (tertiary/aromatic N) is 3. The molecule has 2 aromatic rings. The second-order valence-corrected chi connectivity index (χ2v) is 9.74. The van der Waals surface area contributed by atoms with Crippen LogP contribution in [0.5, 0.6) is 0 Å². The third-order valence-corrected chi connectivity index (χ3v) is 7.69. The van der Waals surface area contributed by atoms with Gasteiger partial charge in [0.2, 0.25) is 0 Å². The molecule has 0 atom stereocenters. The highest BCUT2D eigenvalue weighted by molar-refractivity contribution is 5.56. The Morgan fingerprint density at radius 3 is 2.00 bits per heavy atom. The minimum atomic E-state index is -0.0837. The average Bonchev–Trinajstić information content (AvgIpc) is 3.69. The minimum absolute atomic E-state index is 0.0837. The number of halogens is 1. The second kappa shape index (κ2) is 9.11. The zero-order chi connectivity index (χ0) is 22.1. The number of rotatable bonds is 5. The number of nitriles is 1. The van der Waals surface area contributed by atoms with Crippen LogP contribution in [-0.4, -0.2) is 37.9 Å². The van der Waals surface area contributed by atoms with E-state index in [-0.39, 0.29) is 18.3 Å². The van der Waals surface area contributed by atoms with Gasteiger partial charge in [0.25, 0.3) is 0 Å². The maximum absolute atomic E-state index is 15.1. The zero-order valence-electron chi connectivity index (χ0n) is 18.6. The Labute approximate surface area is 190 Å². The van der Waals surface area contributed by atoms with Crippen LogP contribution in [0.25, 0.3) is 0 Å². The van der Waals surface area contributed by atoms with Crippen molar-refractivity contribution in [3.63, 3.8) is 0 Å². The van der Waals surface area contributed by atoms with Gasteiger partial charge in [-0.2, -0.15) is 5.26 Å². The topological polar surface area (TPSA) is 50.5 Å². The van der Waals surface area contributed by atoms with Crippen LogP contribution >= 0.6 is 0 Å². The average molecular weight is 434 g/mol. The number of benzene rings is 2. The second-order valence-electron chi connectivity index (χ2n) is 9.74. The Kier molecular flexibility index (Phi) is 6.06. The molecule has 168 valence electrons. The molecule has 0 radical (unpaired) electrons. The van der Waals surface area contributed by atoms with Gasteiger partial charge in [-0.3, -0.25) is 0 Å². The largest absolute Gasteiger partial charge is 0.396 e. The Bertz CT molecular complexity index is 996. The summed E-state index contributed by atoms with van der Waals surface area (Å²) in [4.78, 5) is 4.63. The quantitative estimate of drug-likeness (QED) is 0.707. The molecule has 1 aliphatic carbocycles. The Morgan fingerprint density at radius 2 is 1.41 bits per heavy atom. The minimum Gasteiger partial charge on any atom is -0.396 e. The molecule has 3 fully saturated rings. The third-order valence-electron chi connectivity index (χ3n) is 7.69. The smallest absolute Gasteiger partial charge is 0.128 e. The SMILES string of the molecule is N#Cc1ccc(N2CCC(c3ccc(N4CCC(CO)CC4)cc3F)CC2)cc1C1CC1. The fourth-order valence-corrected chi connectivity index (χ4v) is 5.45. The molecule has 2 saturated heterocycles. The number of hydrogen-bond donors (Lipinski definition) is 1. The summed E-state index contributed by atoms with van der Waals surface area (Å²) in [6, 6.07) is 14.4. The van der Waals surface area contributed by atoms with Crippen molar-refractivity contribution < 1.29 is 9.50 Å². The van der Waals surface area contributed by atoms with Gasteiger partial charge in [-0.1, -0.05) is 6.07 Å². The summed E-state index contributed by atoms with van der Waals surface area (Å²) in [6.07, 6.45) is 6.20. The number of piperidine rings is 2. The Hall–Kier alpha value is -2.58. The highest BCUT2D eigenvalue weighted by Gasteiger charge is 2.28. The van der Waals surface area contributed by atoms with Crippen LogP contribution in [0, 0.1) is 23.1 Å². The van der Waals surface area contributed by atoms with Crippen molar-refractivity contribution in [3.8, 4) is 6.07 Å². The van der Waals surface area contributed by atoms with Gasteiger partial charge in [0.05, 0.1) is 11.6 Å². The molecule has 4 nitrogen and oxygen atoms in total. The van der Waals surface area contributed by atoms with Gasteiger partial charge in [-0.25, -0.2) is 4.39 Å². The summed E-state index contributed by atoms with van der Waals surface area (Å²) >= 11 is 0. The van der Waals surface area contributed by atoms with E-state index < -0.39 is 0 Å². The van der Waals surface area contributed by atoms with E-state index in [9.17, 15) is 10.4 Å². The van der Waals surface area contributed by atoms with Gasteiger partial charge in [0, 0.05) is 44.2 Å². The molecule has 1 saturated carbocycles. The lowest BCUT2D eigenvalue weighted by molar-refractivity contribution is 0.203. The predicted octanol–water partition coefficient (Wildman–Crippen LogP) is 5.17. The molecular formula is C27H32FN3O. The number of aliphatic hydroxyl groups is 1. The lowest BCUT2D eigenvalue weighted by atomic mass is 9.88. The fourth-order valence-electron chi connectivity index (χ4n) is 5.45. The fraction of sp³-hybridized carbons (Fsp3) is 0.519. The number of aliphatic hydroxyl groups excluding tert-OH is 1. The molecule has 5 rings (SSSR count). The van der Waals surface area contributed by atoms with E-state index in [1.165, 1.54) is 24.1 Å². The molecule has 0 amide bonds. The van der Waals surface area contributed by atoms with Gasteiger partial charge in [-0.15, -0.1) is 0 Å². The van der Waals surface area contributed by atoms with Crippen molar-refractivity contribution in [2.24, 2.45) is 5.92 Å². The van der Waals surface area contributed by atoms with Crippen LogP contribution in [0.1, 0.15) is 67.1 Å². The number of anilines is 2. The number of hydrogen-bond acceptors (Lipinski definition) is 4. The van der Waals surface area contributed by atoms with E-state index in [4.69, 9.17) is 0 Å². The van der Waals surface area contributed by atoms with Crippen LogP contribution in [0.2, 0.25) is 0 Å². The Balaban J connectivity index is 1.23. The monoisotopic (exact) mass is 433 g/mol. The highest BCUT2D eigenvalue weighted by atomic mass is 19.1. The molecule has 0 unspecified atom stereocenters. The standard InChI is InChI=1S/C27H32FN3O/c28-27-16-24(30-11-7-19(18-32)8-12-30)5-6-25(27)21-9-13-31(14-10-21)23-4-3-22(17-29)26(15-23)20-1-2-20/h3-6,15-16,19-21,32H,1-2,7-14,18H2. The van der Waals surface area contributed by atoms with Gasteiger partial charge in [0.15, 0.2) is 0 Å². The lowest BCUT2D eigenvalue weighted by Gasteiger charge is -2.35. The van der Waals surface area contributed by atoms with Gasteiger partial charge < -0.3 is 14.9 Å². The molecule has 3 aliphatic rings. The lowest BCUT2D eigenvalue weighted by Crippen LogP contribution is -2.35. The van der Waals surface area contributed by atoms with Crippen LogP contribution in [0.4, 0.5) is 15.8 Å². The van der Waals surface area contributed by atoms with Crippen molar-refractivity contribution >= 4 is 11.4 Å². The predicted molar refractivity (Wildman–Crippen MR) is 126 cm³/mol. The Morgan fingerprint density at radius 1 is 0.812 bits per heavy atom. The van der Waals surface area contributed by atoms with Gasteiger partial charge in [0.1, 0.15) is 5.82 Å². The van der Waals surface area contributed by atoms with Crippen LogP contribution in [0.15, 0.2) is 36.4 Å². The van der Waals surface area contributed by atoms with Crippen molar-refractivity contribution in [1.82, 2.24) is 0 Å². The van der Waals surface area contributed by atoms with Crippen LogP contribution < -0.4 is 9.80 Å². The molecule has 0 spiro atoms. The first-order valence-electron chi connectivity index (χ1n) is 12.1. The summed E-state index contributed by atoms with van der Waals surface area (Å²) in [7, 11) is 0. The summed E-state index contributed by atoms with van der Waals surface area (Å²) in [5.41, 5.74) is 5.03. The first-order valence-corrected chi connectivity index (χ1v) is 12.1. The van der Waals surface area contributed by atoms with Crippen LogP contribution in [-0.2, 0) is 0 Å². The van der Waals surface area contributed by atoms with Crippen LogP contribution in [0.3, 0.4) is 0 Å². The molecule has 32 heavy (non-hydrogen) atoms. The summed E-state index contributed by atoms with van der Waals surface area (Å²) in [5.74, 6) is 1.11. The summed E-state index contributed by atoms with van der Waals surface area (Å²) < 4.78 is 15.1. The molecule has 0 aromatic heterocycles. The summed E-state index contributed by atoms with van der Waals surface area (Å²) in [5, 5.41) is 18.7. The normalized spacial score (nSPS) is 20.4. The molecule has 0 bridgehead atoms. The molecule has 2 aromatic carbocycles. The van der Waals surface area contributed by atoms with Crippen molar-refractivity contribution in [2.45, 2.75) is 50.4 Å². The third kappa shape index (κ3) is 4.34. The first kappa shape index (κ1) is 21.3. The first-order chi connectivity index (χ1) is 15.7. The van der Waals surface area contributed by atoms with Gasteiger partial charge >= 0.3 is 0 Å². The van der Waals surface area contributed by atoms with E-state index in [2.05, 4.69) is 34.1 Å². The van der Waals surface area contributed by atoms with Crippen molar-refractivity contribution in [3.05, 3.63) is 58.9 Å². The van der Waals surface area contributed by atoms with E-state index in [0.717, 1.165) is 68.7 Å². The van der Waals surface area contributed by atoms with E-state index >= 15 is 4.39 Å². The highest BCUT2D eigenvalue weighted by Crippen LogP contribution is 2.43. The summed E-state index contributed by atoms with van der Waals surface area (Å²) in [6.45, 7) is 3.85. The molecule has 5 heteroatoms. The molecule has 2 aliphatic heterocycles. The van der Waals surface area contributed by atoms with E-state index in [1.54, 1.807) is 6.07 Å². The van der Waals surface area contributed by atoms with E-state index in [1.807, 2.05) is 12.1 Å². The van der Waals surface area contributed by atoms with Gasteiger partial charge in [-0.05, 0) is 97.7 Å². The molecule has 2 heterocycles. The van der Waals surface area contributed by atoms with E-state index in [0.29, 0.717) is 11.8 Å². The zero-order valence-corrected chi connectivity index (χ0v) is 18.6. The molecular weight excluding hydrogens is 401 g/mol. The van der Waals surface area contributed by atoms with Crippen molar-refractivity contribution in [1.29, 1.82) is 5.26 Å². The maximum Gasteiger partial charge on any atom is 0.128 e. The molecule has 1 N–H and O–H groups in total. The maximum atomic E-state index is 15.1. The van der Waals surface area contributed by atoms with Crippen molar-refractivity contribution in [2.75, 3.05) is 42.6 Å².